The van der Waals surface area contributed by atoms with Crippen molar-refractivity contribution in [3.05, 3.63) is 60.1 Å². The van der Waals surface area contributed by atoms with Gasteiger partial charge in [0.05, 0.1) is 6.26 Å². The number of rotatable bonds is 5. The lowest BCUT2D eigenvalue weighted by molar-refractivity contribution is 0.441. The summed E-state index contributed by atoms with van der Waals surface area (Å²) in [4.78, 5) is 0. The molecular weight excluding hydrogens is 198 g/mol. The Morgan fingerprint density at radius 2 is 1.81 bits per heavy atom. The Labute approximate surface area is 96.1 Å². The molecule has 2 rings (SSSR count). The van der Waals surface area contributed by atoms with Gasteiger partial charge < -0.3 is 10.2 Å². The minimum atomic E-state index is 0.452. The van der Waals surface area contributed by atoms with E-state index in [9.17, 15) is 0 Å². The van der Waals surface area contributed by atoms with E-state index in [0.717, 1.165) is 18.6 Å². The van der Waals surface area contributed by atoms with Gasteiger partial charge in [0.1, 0.15) is 5.76 Å². The second kappa shape index (κ2) is 5.52. The number of furan rings is 1. The van der Waals surface area contributed by atoms with Crippen molar-refractivity contribution in [1.82, 2.24) is 0 Å². The molecule has 1 heterocycles. The Balaban J connectivity index is 1.96. The van der Waals surface area contributed by atoms with Crippen molar-refractivity contribution < 1.29 is 4.42 Å². The molecule has 0 saturated carbocycles. The van der Waals surface area contributed by atoms with Gasteiger partial charge in [0, 0.05) is 6.42 Å². The summed E-state index contributed by atoms with van der Waals surface area (Å²) in [5, 5.41) is 0. The first-order chi connectivity index (χ1) is 7.88. The van der Waals surface area contributed by atoms with Crippen molar-refractivity contribution in [2.75, 3.05) is 6.54 Å². The van der Waals surface area contributed by atoms with Crippen molar-refractivity contribution in [2.45, 2.75) is 12.8 Å². The van der Waals surface area contributed by atoms with E-state index in [2.05, 4.69) is 24.3 Å². The maximum atomic E-state index is 5.80. The highest BCUT2D eigenvalue weighted by atomic mass is 16.3. The lowest BCUT2D eigenvalue weighted by atomic mass is 9.95. The van der Waals surface area contributed by atoms with Crippen LogP contribution in [0.1, 0.15) is 11.3 Å². The van der Waals surface area contributed by atoms with Gasteiger partial charge in [0.25, 0.3) is 0 Å². The summed E-state index contributed by atoms with van der Waals surface area (Å²) in [6, 6.07) is 14.4. The molecule has 0 spiro atoms. The second-order valence-electron chi connectivity index (χ2n) is 4.07. The molecule has 0 radical (unpaired) electrons. The van der Waals surface area contributed by atoms with Gasteiger partial charge in [-0.05, 0) is 36.6 Å². The third-order valence-corrected chi connectivity index (χ3v) is 2.77. The summed E-state index contributed by atoms with van der Waals surface area (Å²) in [5.74, 6) is 1.47. The summed E-state index contributed by atoms with van der Waals surface area (Å²) < 4.78 is 5.35. The zero-order valence-electron chi connectivity index (χ0n) is 9.30. The van der Waals surface area contributed by atoms with Crippen molar-refractivity contribution in [3.63, 3.8) is 0 Å². The molecule has 16 heavy (non-hydrogen) atoms. The summed E-state index contributed by atoms with van der Waals surface area (Å²) in [6.45, 7) is 0.690. The average Bonchev–Trinajstić information content (AvgIpc) is 2.82. The summed E-state index contributed by atoms with van der Waals surface area (Å²) in [6.07, 6.45) is 3.64. The molecule has 0 aliphatic heterocycles. The number of nitrogens with two attached hydrogens (primary N) is 1. The smallest absolute Gasteiger partial charge is 0.104 e. The van der Waals surface area contributed by atoms with Gasteiger partial charge in [0.2, 0.25) is 0 Å². The van der Waals surface area contributed by atoms with Crippen LogP contribution in [-0.4, -0.2) is 6.54 Å². The van der Waals surface area contributed by atoms with Gasteiger partial charge in [-0.3, -0.25) is 0 Å². The van der Waals surface area contributed by atoms with Crippen LogP contribution >= 0.6 is 0 Å². The van der Waals surface area contributed by atoms with E-state index in [-0.39, 0.29) is 0 Å². The van der Waals surface area contributed by atoms with Gasteiger partial charge in [-0.15, -0.1) is 0 Å². The third-order valence-electron chi connectivity index (χ3n) is 2.77. The normalized spacial score (nSPS) is 12.6. The van der Waals surface area contributed by atoms with Crippen LogP contribution in [0, 0.1) is 5.92 Å². The number of hydrogen-bond donors (Lipinski definition) is 1. The molecule has 0 bridgehead atoms. The van der Waals surface area contributed by atoms with Crippen molar-refractivity contribution in [3.8, 4) is 0 Å². The van der Waals surface area contributed by atoms with E-state index < -0.39 is 0 Å². The summed E-state index contributed by atoms with van der Waals surface area (Å²) in [5.41, 5.74) is 7.13. The van der Waals surface area contributed by atoms with Gasteiger partial charge in [-0.2, -0.15) is 0 Å². The second-order valence-corrected chi connectivity index (χ2v) is 4.07. The van der Waals surface area contributed by atoms with Crippen LogP contribution in [0.2, 0.25) is 0 Å². The maximum absolute atomic E-state index is 5.80. The van der Waals surface area contributed by atoms with E-state index in [4.69, 9.17) is 10.2 Å². The molecule has 0 fully saturated rings. The highest BCUT2D eigenvalue weighted by molar-refractivity contribution is 5.15. The highest BCUT2D eigenvalue weighted by Crippen LogP contribution is 2.14. The molecule has 2 nitrogen and oxygen atoms in total. The third kappa shape index (κ3) is 2.97. The van der Waals surface area contributed by atoms with Gasteiger partial charge in [0.15, 0.2) is 0 Å². The molecule has 84 valence electrons. The molecule has 0 amide bonds. The van der Waals surface area contributed by atoms with E-state index >= 15 is 0 Å². The molecule has 2 aromatic rings. The first kappa shape index (κ1) is 11.0. The van der Waals surface area contributed by atoms with Crippen LogP contribution in [0.5, 0.6) is 0 Å². The van der Waals surface area contributed by atoms with Crippen LogP contribution < -0.4 is 5.73 Å². The topological polar surface area (TPSA) is 39.2 Å². The van der Waals surface area contributed by atoms with Crippen LogP contribution in [-0.2, 0) is 12.8 Å². The molecule has 1 aromatic heterocycles. The predicted molar refractivity (Wildman–Crippen MR) is 65.1 cm³/mol. The van der Waals surface area contributed by atoms with E-state index in [0.29, 0.717) is 12.5 Å². The summed E-state index contributed by atoms with van der Waals surface area (Å²) in [7, 11) is 0. The predicted octanol–water partition coefficient (Wildman–Crippen LogP) is 2.64. The molecule has 0 aliphatic carbocycles. The Bertz CT molecular complexity index is 394. The monoisotopic (exact) mass is 215 g/mol. The SMILES string of the molecule is NCC(Cc1ccccc1)Cc1ccco1. The quantitative estimate of drug-likeness (QED) is 0.832. The Morgan fingerprint density at radius 1 is 1.00 bits per heavy atom. The lowest BCUT2D eigenvalue weighted by Crippen LogP contribution is -2.19. The molecule has 1 aromatic carbocycles. The van der Waals surface area contributed by atoms with E-state index in [1.165, 1.54) is 5.56 Å². The lowest BCUT2D eigenvalue weighted by Gasteiger charge is -2.13. The van der Waals surface area contributed by atoms with Crippen LogP contribution in [0.15, 0.2) is 53.1 Å². The van der Waals surface area contributed by atoms with E-state index in [1.54, 1.807) is 6.26 Å². The van der Waals surface area contributed by atoms with Crippen LogP contribution in [0.4, 0.5) is 0 Å². The fraction of sp³-hybridized carbons (Fsp3) is 0.286. The molecule has 2 N–H and O–H groups in total. The van der Waals surface area contributed by atoms with Gasteiger partial charge in [-0.1, -0.05) is 30.3 Å². The van der Waals surface area contributed by atoms with Gasteiger partial charge in [-0.25, -0.2) is 0 Å². The fourth-order valence-electron chi connectivity index (χ4n) is 1.90. The fourth-order valence-corrected chi connectivity index (χ4v) is 1.90. The zero-order valence-corrected chi connectivity index (χ0v) is 9.30. The van der Waals surface area contributed by atoms with E-state index in [1.807, 2.05) is 18.2 Å². The number of hydrogen-bond acceptors (Lipinski definition) is 2. The summed E-state index contributed by atoms with van der Waals surface area (Å²) >= 11 is 0. The minimum absolute atomic E-state index is 0.452. The largest absolute Gasteiger partial charge is 0.469 e. The maximum Gasteiger partial charge on any atom is 0.104 e. The first-order valence-electron chi connectivity index (χ1n) is 5.65. The average molecular weight is 215 g/mol. The first-order valence-corrected chi connectivity index (χ1v) is 5.65. The molecule has 2 heteroatoms. The molecule has 1 atom stereocenters. The standard InChI is InChI=1S/C14H17NO/c15-11-13(10-14-7-4-8-16-14)9-12-5-2-1-3-6-12/h1-8,13H,9-11,15H2. The Morgan fingerprint density at radius 3 is 2.44 bits per heavy atom. The molecule has 0 saturated heterocycles. The van der Waals surface area contributed by atoms with Crippen LogP contribution in [0.3, 0.4) is 0 Å². The van der Waals surface area contributed by atoms with Crippen molar-refractivity contribution >= 4 is 0 Å². The zero-order chi connectivity index (χ0) is 11.2. The number of benzene rings is 1. The molecule has 0 aliphatic rings. The van der Waals surface area contributed by atoms with Crippen LogP contribution in [0.25, 0.3) is 0 Å². The van der Waals surface area contributed by atoms with Crippen molar-refractivity contribution in [2.24, 2.45) is 11.7 Å². The highest BCUT2D eigenvalue weighted by Gasteiger charge is 2.10. The minimum Gasteiger partial charge on any atom is -0.469 e. The Hall–Kier alpha value is -1.54. The van der Waals surface area contributed by atoms with Gasteiger partial charge >= 0.3 is 0 Å². The Kier molecular flexibility index (Phi) is 3.78. The van der Waals surface area contributed by atoms with Crippen molar-refractivity contribution in [1.29, 1.82) is 0 Å². The molecular formula is C14H17NO. The molecule has 1 unspecified atom stereocenters.